The molecule has 4 rings (SSSR count). The number of nitrogens with zero attached hydrogens (tertiary/aromatic N) is 1. The molecule has 1 aliphatic heterocycles. The summed E-state index contributed by atoms with van der Waals surface area (Å²) in [4.78, 5) is 49.7. The molecule has 0 unspecified atom stereocenters. The molecule has 0 spiro atoms. The second-order valence-corrected chi connectivity index (χ2v) is 7.59. The quantitative estimate of drug-likeness (QED) is 0.423. The predicted molar refractivity (Wildman–Crippen MR) is 121 cm³/mol. The molecule has 0 saturated carbocycles. The number of hydrogen-bond donors (Lipinski definition) is 2. The monoisotopic (exact) mass is 464 g/mol. The molecule has 166 valence electrons. The number of urea groups is 1. The number of anilines is 1. The van der Waals surface area contributed by atoms with Gasteiger partial charge in [-0.25, -0.2) is 14.5 Å². The van der Waals surface area contributed by atoms with Gasteiger partial charge in [-0.15, -0.1) is 0 Å². The number of carboxylic acid groups (broad SMARTS) is 1. The summed E-state index contributed by atoms with van der Waals surface area (Å²) in [6.07, 6.45) is 2.05. The van der Waals surface area contributed by atoms with Crippen molar-refractivity contribution in [3.05, 3.63) is 82.1 Å². The first-order valence-corrected chi connectivity index (χ1v) is 10.3. The van der Waals surface area contributed by atoms with Crippen LogP contribution in [0.5, 0.6) is 0 Å². The van der Waals surface area contributed by atoms with E-state index in [9.17, 15) is 19.2 Å². The van der Waals surface area contributed by atoms with E-state index in [1.807, 2.05) is 6.92 Å². The zero-order valence-electron chi connectivity index (χ0n) is 17.3. The molecule has 0 aliphatic carbocycles. The number of carbonyl (C=O) groups is 4. The van der Waals surface area contributed by atoms with Crippen molar-refractivity contribution in [3.63, 3.8) is 0 Å². The van der Waals surface area contributed by atoms with Gasteiger partial charge in [-0.05, 0) is 54.5 Å². The van der Waals surface area contributed by atoms with Gasteiger partial charge >= 0.3 is 12.0 Å². The molecule has 1 fully saturated rings. The molecular formula is C24H17ClN2O6. The van der Waals surface area contributed by atoms with E-state index in [1.165, 1.54) is 24.3 Å². The van der Waals surface area contributed by atoms with E-state index in [0.717, 1.165) is 16.9 Å². The topological polar surface area (TPSA) is 117 Å². The summed E-state index contributed by atoms with van der Waals surface area (Å²) >= 11 is 6.01. The Balaban J connectivity index is 1.64. The van der Waals surface area contributed by atoms with E-state index in [4.69, 9.17) is 21.1 Å². The molecule has 3 aromatic rings. The van der Waals surface area contributed by atoms with Crippen LogP contribution in [0.1, 0.15) is 28.6 Å². The number of halogens is 1. The van der Waals surface area contributed by atoms with Gasteiger partial charge in [-0.3, -0.25) is 14.9 Å². The number of rotatable bonds is 5. The normalized spacial score (nSPS) is 15.2. The summed E-state index contributed by atoms with van der Waals surface area (Å²) in [5.41, 5.74) is 1.57. The number of barbiturate groups is 1. The van der Waals surface area contributed by atoms with Crippen molar-refractivity contribution in [3.8, 4) is 11.3 Å². The van der Waals surface area contributed by atoms with E-state index in [-0.39, 0.29) is 21.9 Å². The Labute approximate surface area is 193 Å². The van der Waals surface area contributed by atoms with Crippen LogP contribution in [-0.2, 0) is 16.0 Å². The number of aromatic carboxylic acids is 1. The molecule has 1 aliphatic rings. The number of imide groups is 2. The summed E-state index contributed by atoms with van der Waals surface area (Å²) in [7, 11) is 0. The van der Waals surface area contributed by atoms with Crippen molar-refractivity contribution < 1.29 is 28.7 Å². The molecule has 0 radical (unpaired) electrons. The lowest BCUT2D eigenvalue weighted by molar-refractivity contribution is -0.122. The molecule has 33 heavy (non-hydrogen) atoms. The fourth-order valence-corrected chi connectivity index (χ4v) is 3.60. The summed E-state index contributed by atoms with van der Waals surface area (Å²) in [6.45, 7) is 1.99. The zero-order chi connectivity index (χ0) is 23.7. The van der Waals surface area contributed by atoms with Crippen molar-refractivity contribution in [2.75, 3.05) is 4.90 Å². The fraction of sp³-hybridized carbons (Fsp3) is 0.0833. The molecule has 2 N–H and O–H groups in total. The first-order valence-electron chi connectivity index (χ1n) is 9.92. The standard InChI is InChI=1S/C24H17ClN2O6/c1-2-13-3-6-15(7-4-13)27-22(29)18(21(28)26-24(27)32)12-16-8-10-20(33-16)14-5-9-17(23(30)31)19(25)11-14/h3-12H,2H2,1H3,(H,30,31)(H,26,28,32)/b18-12-. The average molecular weight is 465 g/mol. The third-order valence-electron chi connectivity index (χ3n) is 5.10. The summed E-state index contributed by atoms with van der Waals surface area (Å²) in [5, 5.41) is 11.3. The Morgan fingerprint density at radius 1 is 1.09 bits per heavy atom. The van der Waals surface area contributed by atoms with Gasteiger partial charge in [0.25, 0.3) is 11.8 Å². The number of carbonyl (C=O) groups excluding carboxylic acids is 3. The van der Waals surface area contributed by atoms with E-state index in [0.29, 0.717) is 17.0 Å². The van der Waals surface area contributed by atoms with Crippen molar-refractivity contribution in [1.29, 1.82) is 0 Å². The summed E-state index contributed by atoms with van der Waals surface area (Å²) in [6, 6.07) is 13.5. The minimum atomic E-state index is -1.15. The first-order chi connectivity index (χ1) is 15.8. The molecule has 2 aromatic carbocycles. The highest BCUT2D eigenvalue weighted by atomic mass is 35.5. The van der Waals surface area contributed by atoms with Crippen molar-refractivity contribution in [1.82, 2.24) is 5.32 Å². The molecule has 2 heterocycles. The maximum Gasteiger partial charge on any atom is 0.337 e. The van der Waals surface area contributed by atoms with Crippen LogP contribution in [-0.4, -0.2) is 28.9 Å². The highest BCUT2D eigenvalue weighted by Crippen LogP contribution is 2.29. The summed E-state index contributed by atoms with van der Waals surface area (Å²) in [5.74, 6) is -2.22. The number of amides is 4. The molecule has 0 bridgehead atoms. The van der Waals surface area contributed by atoms with Crippen LogP contribution < -0.4 is 10.2 Å². The second-order valence-electron chi connectivity index (χ2n) is 7.18. The van der Waals surface area contributed by atoms with E-state index >= 15 is 0 Å². The predicted octanol–water partition coefficient (Wildman–Crippen LogP) is 4.53. The fourth-order valence-electron chi connectivity index (χ4n) is 3.34. The minimum absolute atomic E-state index is 0.0430. The van der Waals surface area contributed by atoms with Crippen molar-refractivity contribution in [2.45, 2.75) is 13.3 Å². The molecule has 1 saturated heterocycles. The second kappa shape index (κ2) is 8.76. The highest BCUT2D eigenvalue weighted by molar-refractivity contribution is 6.39. The Morgan fingerprint density at radius 3 is 2.45 bits per heavy atom. The lowest BCUT2D eigenvalue weighted by Gasteiger charge is -2.26. The van der Waals surface area contributed by atoms with Gasteiger partial charge in [0.15, 0.2) is 0 Å². The van der Waals surface area contributed by atoms with Gasteiger partial charge in [0.2, 0.25) is 0 Å². The highest BCUT2D eigenvalue weighted by Gasteiger charge is 2.37. The van der Waals surface area contributed by atoms with Crippen LogP contribution >= 0.6 is 11.6 Å². The molecule has 4 amide bonds. The molecule has 0 atom stereocenters. The van der Waals surface area contributed by atoms with E-state index in [2.05, 4.69) is 5.32 Å². The third kappa shape index (κ3) is 4.28. The Kier molecular flexibility index (Phi) is 5.85. The number of hydrogen-bond acceptors (Lipinski definition) is 5. The van der Waals surface area contributed by atoms with Crippen LogP contribution in [0.2, 0.25) is 5.02 Å². The van der Waals surface area contributed by atoms with Gasteiger partial charge in [-0.1, -0.05) is 36.7 Å². The molecule has 1 aromatic heterocycles. The van der Waals surface area contributed by atoms with Gasteiger partial charge in [0.1, 0.15) is 17.1 Å². The van der Waals surface area contributed by atoms with Crippen LogP contribution in [0.15, 0.2) is 64.6 Å². The number of aryl methyl sites for hydroxylation is 1. The van der Waals surface area contributed by atoms with Gasteiger partial charge in [0, 0.05) is 5.56 Å². The number of benzene rings is 2. The zero-order valence-corrected chi connectivity index (χ0v) is 18.1. The lowest BCUT2D eigenvalue weighted by Crippen LogP contribution is -2.54. The van der Waals surface area contributed by atoms with Gasteiger partial charge < -0.3 is 9.52 Å². The first kappa shape index (κ1) is 22.0. The average Bonchev–Trinajstić information content (AvgIpc) is 3.25. The van der Waals surface area contributed by atoms with E-state index in [1.54, 1.807) is 36.4 Å². The minimum Gasteiger partial charge on any atom is -0.478 e. The smallest absolute Gasteiger partial charge is 0.337 e. The maximum absolute atomic E-state index is 13.0. The Hall–Kier alpha value is -4.17. The number of furan rings is 1. The van der Waals surface area contributed by atoms with Gasteiger partial charge in [-0.2, -0.15) is 0 Å². The largest absolute Gasteiger partial charge is 0.478 e. The Bertz CT molecular complexity index is 1320. The van der Waals surface area contributed by atoms with Crippen molar-refractivity contribution in [2.24, 2.45) is 0 Å². The summed E-state index contributed by atoms with van der Waals surface area (Å²) < 4.78 is 5.70. The molecule has 9 heteroatoms. The number of nitrogens with one attached hydrogen (secondary N) is 1. The van der Waals surface area contributed by atoms with Crippen LogP contribution in [0.4, 0.5) is 10.5 Å². The number of carboxylic acids is 1. The SMILES string of the molecule is CCc1ccc(N2C(=O)NC(=O)/C(=C/c3ccc(-c4ccc(C(=O)O)c(Cl)c4)o3)C2=O)cc1. The lowest BCUT2D eigenvalue weighted by atomic mass is 10.1. The van der Waals surface area contributed by atoms with Gasteiger partial charge in [0.05, 0.1) is 16.3 Å². The van der Waals surface area contributed by atoms with Crippen LogP contribution in [0, 0.1) is 0 Å². The molecule has 8 nitrogen and oxygen atoms in total. The maximum atomic E-state index is 13.0. The Morgan fingerprint density at radius 2 is 1.82 bits per heavy atom. The van der Waals surface area contributed by atoms with Crippen LogP contribution in [0.25, 0.3) is 17.4 Å². The van der Waals surface area contributed by atoms with Crippen LogP contribution in [0.3, 0.4) is 0 Å². The van der Waals surface area contributed by atoms with E-state index < -0.39 is 23.8 Å². The molecular weight excluding hydrogens is 448 g/mol. The third-order valence-corrected chi connectivity index (χ3v) is 5.41. The van der Waals surface area contributed by atoms with Crippen molar-refractivity contribution >= 4 is 47.2 Å².